The predicted octanol–water partition coefficient (Wildman–Crippen LogP) is 4.88. The highest BCUT2D eigenvalue weighted by atomic mass is 32.2. The number of hydrogen-bond acceptors (Lipinski definition) is 5. The van der Waals surface area contributed by atoms with Gasteiger partial charge in [0.1, 0.15) is 10.9 Å². The summed E-state index contributed by atoms with van der Waals surface area (Å²) in [6.45, 7) is 4.37. The third-order valence-corrected chi connectivity index (χ3v) is 5.39. The van der Waals surface area contributed by atoms with Crippen LogP contribution in [0.25, 0.3) is 6.08 Å². The SMILES string of the molecule is COc1cc(/C=C2\SC(=S)N(C(C)C)C2=O)ccc1OCc1ccccc1. The maximum absolute atomic E-state index is 12.5. The van der Waals surface area contributed by atoms with Crippen molar-refractivity contribution in [1.29, 1.82) is 0 Å². The second kappa shape index (κ2) is 8.59. The van der Waals surface area contributed by atoms with E-state index in [1.807, 2.05) is 68.5 Å². The van der Waals surface area contributed by atoms with E-state index in [4.69, 9.17) is 21.7 Å². The van der Waals surface area contributed by atoms with Crippen LogP contribution in [0.4, 0.5) is 0 Å². The monoisotopic (exact) mass is 399 g/mol. The van der Waals surface area contributed by atoms with Gasteiger partial charge in [-0.15, -0.1) is 0 Å². The van der Waals surface area contributed by atoms with Gasteiger partial charge in [0.25, 0.3) is 5.91 Å². The average Bonchev–Trinajstić information content (AvgIpc) is 2.94. The second-order valence-corrected chi connectivity index (χ2v) is 8.01. The minimum atomic E-state index is -0.0524. The zero-order valence-electron chi connectivity index (χ0n) is 15.5. The van der Waals surface area contributed by atoms with Crippen LogP contribution in [-0.4, -0.2) is 28.3 Å². The highest BCUT2D eigenvalue weighted by Crippen LogP contribution is 2.35. The lowest BCUT2D eigenvalue weighted by Gasteiger charge is -2.18. The molecule has 4 nitrogen and oxygen atoms in total. The van der Waals surface area contributed by atoms with Crippen LogP contribution in [0.2, 0.25) is 0 Å². The molecule has 0 N–H and O–H groups in total. The lowest BCUT2D eigenvalue weighted by molar-refractivity contribution is -0.123. The summed E-state index contributed by atoms with van der Waals surface area (Å²) in [6.07, 6.45) is 1.84. The minimum absolute atomic E-state index is 0.0479. The fraction of sp³-hybridized carbons (Fsp3) is 0.238. The van der Waals surface area contributed by atoms with Crippen LogP contribution in [0.1, 0.15) is 25.0 Å². The summed E-state index contributed by atoms with van der Waals surface area (Å²) < 4.78 is 11.9. The van der Waals surface area contributed by atoms with Crippen LogP contribution in [-0.2, 0) is 11.4 Å². The summed E-state index contributed by atoms with van der Waals surface area (Å²) in [6, 6.07) is 15.6. The Morgan fingerprint density at radius 3 is 2.52 bits per heavy atom. The smallest absolute Gasteiger partial charge is 0.266 e. The van der Waals surface area contributed by atoms with Crippen molar-refractivity contribution in [3.05, 3.63) is 64.6 Å². The quantitative estimate of drug-likeness (QED) is 0.511. The van der Waals surface area contributed by atoms with Crippen LogP contribution >= 0.6 is 24.0 Å². The molecule has 0 unspecified atom stereocenters. The Hall–Kier alpha value is -2.31. The second-order valence-electron chi connectivity index (χ2n) is 6.33. The number of nitrogens with zero attached hydrogens (tertiary/aromatic N) is 1. The molecule has 0 saturated carbocycles. The van der Waals surface area contributed by atoms with Crippen LogP contribution < -0.4 is 9.47 Å². The number of carbonyl (C=O) groups excluding carboxylic acids is 1. The summed E-state index contributed by atoms with van der Waals surface area (Å²) >= 11 is 6.65. The summed E-state index contributed by atoms with van der Waals surface area (Å²) in [5.74, 6) is 1.23. The van der Waals surface area contributed by atoms with E-state index < -0.39 is 0 Å². The number of ether oxygens (including phenoxy) is 2. The third kappa shape index (κ3) is 4.51. The maximum Gasteiger partial charge on any atom is 0.266 e. The van der Waals surface area contributed by atoms with Gasteiger partial charge in [0, 0.05) is 6.04 Å². The van der Waals surface area contributed by atoms with Crippen LogP contribution in [0.5, 0.6) is 11.5 Å². The first-order chi connectivity index (χ1) is 13.0. The lowest BCUT2D eigenvalue weighted by Crippen LogP contribution is -2.34. The van der Waals surface area contributed by atoms with Gasteiger partial charge in [0.2, 0.25) is 0 Å². The molecule has 1 fully saturated rings. The number of thioether (sulfide) groups is 1. The molecule has 0 aromatic heterocycles. The standard InChI is InChI=1S/C21H21NO3S2/c1-14(2)22-20(23)19(27-21(22)26)12-16-9-10-17(18(11-16)24-3)25-13-15-7-5-4-6-8-15/h4-12,14H,13H2,1-3H3/b19-12-. The fourth-order valence-corrected chi connectivity index (χ4v) is 4.23. The number of rotatable bonds is 6. The van der Waals surface area contributed by atoms with Gasteiger partial charge in [-0.3, -0.25) is 9.69 Å². The van der Waals surface area contributed by atoms with E-state index in [9.17, 15) is 4.79 Å². The summed E-state index contributed by atoms with van der Waals surface area (Å²) in [4.78, 5) is 14.8. The van der Waals surface area contributed by atoms with Crippen molar-refractivity contribution < 1.29 is 14.3 Å². The molecule has 1 saturated heterocycles. The van der Waals surface area contributed by atoms with E-state index in [2.05, 4.69) is 0 Å². The fourth-order valence-electron chi connectivity index (χ4n) is 2.70. The zero-order valence-corrected chi connectivity index (χ0v) is 17.1. The molecule has 27 heavy (non-hydrogen) atoms. The first-order valence-corrected chi connectivity index (χ1v) is 9.84. The molecule has 2 aromatic carbocycles. The van der Waals surface area contributed by atoms with E-state index in [0.29, 0.717) is 27.3 Å². The molecule has 1 aliphatic rings. The molecule has 0 spiro atoms. The molecule has 3 rings (SSSR count). The molecule has 1 aliphatic heterocycles. The van der Waals surface area contributed by atoms with Crippen molar-refractivity contribution in [2.45, 2.75) is 26.5 Å². The van der Waals surface area contributed by atoms with Gasteiger partial charge in [-0.05, 0) is 43.2 Å². The highest BCUT2D eigenvalue weighted by Gasteiger charge is 2.33. The molecule has 6 heteroatoms. The van der Waals surface area contributed by atoms with Crippen molar-refractivity contribution in [3.63, 3.8) is 0 Å². The third-order valence-electron chi connectivity index (χ3n) is 4.06. The van der Waals surface area contributed by atoms with E-state index in [-0.39, 0.29) is 11.9 Å². The van der Waals surface area contributed by atoms with Crippen LogP contribution in [0.15, 0.2) is 53.4 Å². The normalized spacial score (nSPS) is 15.7. The minimum Gasteiger partial charge on any atom is -0.493 e. The first kappa shape index (κ1) is 19.5. The first-order valence-electron chi connectivity index (χ1n) is 8.61. The lowest BCUT2D eigenvalue weighted by atomic mass is 10.1. The molecular formula is C21H21NO3S2. The largest absolute Gasteiger partial charge is 0.493 e. The van der Waals surface area contributed by atoms with Crippen molar-refractivity contribution in [1.82, 2.24) is 4.90 Å². The highest BCUT2D eigenvalue weighted by molar-refractivity contribution is 8.26. The van der Waals surface area contributed by atoms with Gasteiger partial charge >= 0.3 is 0 Å². The maximum atomic E-state index is 12.5. The van der Waals surface area contributed by atoms with Gasteiger partial charge in [-0.2, -0.15) is 0 Å². The zero-order chi connectivity index (χ0) is 19.4. The number of methoxy groups -OCH3 is 1. The summed E-state index contributed by atoms with van der Waals surface area (Å²) in [7, 11) is 1.60. The molecule has 0 bridgehead atoms. The van der Waals surface area contributed by atoms with Crippen LogP contribution in [0, 0.1) is 0 Å². The molecule has 0 radical (unpaired) electrons. The van der Waals surface area contributed by atoms with E-state index in [0.717, 1.165) is 11.1 Å². The number of amides is 1. The van der Waals surface area contributed by atoms with Crippen molar-refractivity contribution in [2.24, 2.45) is 0 Å². The van der Waals surface area contributed by atoms with Gasteiger partial charge in [0.05, 0.1) is 12.0 Å². The number of carbonyl (C=O) groups is 1. The number of thiocarbonyl (C=S) groups is 1. The Bertz CT molecular complexity index is 878. The van der Waals surface area contributed by atoms with Gasteiger partial charge in [-0.25, -0.2) is 0 Å². The molecular weight excluding hydrogens is 378 g/mol. The topological polar surface area (TPSA) is 38.8 Å². The van der Waals surface area contributed by atoms with E-state index >= 15 is 0 Å². The Kier molecular flexibility index (Phi) is 6.19. The predicted molar refractivity (Wildman–Crippen MR) is 114 cm³/mol. The van der Waals surface area contributed by atoms with Gasteiger partial charge in [0.15, 0.2) is 11.5 Å². The molecule has 140 valence electrons. The average molecular weight is 400 g/mol. The molecule has 1 heterocycles. The van der Waals surface area contributed by atoms with Crippen molar-refractivity contribution in [3.8, 4) is 11.5 Å². The van der Waals surface area contributed by atoms with Gasteiger partial charge in [-0.1, -0.05) is 60.4 Å². The Morgan fingerprint density at radius 1 is 1.15 bits per heavy atom. The molecule has 1 amide bonds. The summed E-state index contributed by atoms with van der Waals surface area (Å²) in [5, 5.41) is 0. The van der Waals surface area contributed by atoms with E-state index in [1.54, 1.807) is 12.0 Å². The molecule has 0 atom stereocenters. The Balaban J connectivity index is 1.78. The number of benzene rings is 2. The van der Waals surface area contributed by atoms with Crippen molar-refractivity contribution in [2.75, 3.05) is 7.11 Å². The van der Waals surface area contributed by atoms with Gasteiger partial charge < -0.3 is 9.47 Å². The number of hydrogen-bond donors (Lipinski definition) is 0. The Labute approximate surface area is 169 Å². The molecule has 0 aliphatic carbocycles. The summed E-state index contributed by atoms with van der Waals surface area (Å²) in [5.41, 5.74) is 1.95. The van der Waals surface area contributed by atoms with E-state index in [1.165, 1.54) is 11.8 Å². The Morgan fingerprint density at radius 2 is 1.89 bits per heavy atom. The van der Waals surface area contributed by atoms with Crippen molar-refractivity contribution >= 4 is 40.3 Å². The van der Waals surface area contributed by atoms with Crippen LogP contribution in [0.3, 0.4) is 0 Å². The molecule has 2 aromatic rings.